The Balaban J connectivity index is 1.94. The minimum Gasteiger partial charge on any atom is -0.368 e. The third-order valence-electron chi connectivity index (χ3n) is 3.72. The first-order valence-electron chi connectivity index (χ1n) is 6.77. The molecule has 3 heteroatoms. The van der Waals surface area contributed by atoms with Crippen LogP contribution in [0.5, 0.6) is 0 Å². The van der Waals surface area contributed by atoms with Crippen LogP contribution >= 0.6 is 0 Å². The SMILES string of the molecule is CN1CCN(c2ccccc2-c2cccnc2)CC1. The van der Waals surface area contributed by atoms with Crippen molar-refractivity contribution >= 4 is 5.69 Å². The first-order valence-corrected chi connectivity index (χ1v) is 6.77. The van der Waals surface area contributed by atoms with Crippen LogP contribution in [0.3, 0.4) is 0 Å². The Hall–Kier alpha value is -1.87. The van der Waals surface area contributed by atoms with Gasteiger partial charge in [0.25, 0.3) is 0 Å². The minimum atomic E-state index is 1.09. The highest BCUT2D eigenvalue weighted by atomic mass is 15.2. The van der Waals surface area contributed by atoms with Crippen LogP contribution in [-0.2, 0) is 0 Å². The predicted molar refractivity (Wildman–Crippen MR) is 79.4 cm³/mol. The average molecular weight is 253 g/mol. The molecule has 0 radical (unpaired) electrons. The molecule has 1 aromatic heterocycles. The van der Waals surface area contributed by atoms with Gasteiger partial charge in [-0.15, -0.1) is 0 Å². The fraction of sp³-hybridized carbons (Fsp3) is 0.312. The van der Waals surface area contributed by atoms with Crippen LogP contribution in [0.15, 0.2) is 48.8 Å². The molecule has 1 fully saturated rings. The molecule has 3 rings (SSSR count). The number of hydrogen-bond acceptors (Lipinski definition) is 3. The number of pyridine rings is 1. The smallest absolute Gasteiger partial charge is 0.0447 e. The molecule has 0 atom stereocenters. The molecule has 19 heavy (non-hydrogen) atoms. The van der Waals surface area contributed by atoms with E-state index >= 15 is 0 Å². The van der Waals surface area contributed by atoms with Gasteiger partial charge in [-0.2, -0.15) is 0 Å². The Kier molecular flexibility index (Phi) is 3.47. The Morgan fingerprint density at radius 3 is 2.47 bits per heavy atom. The van der Waals surface area contributed by atoms with E-state index in [9.17, 15) is 0 Å². The monoisotopic (exact) mass is 253 g/mol. The molecule has 0 unspecified atom stereocenters. The zero-order chi connectivity index (χ0) is 13.1. The summed E-state index contributed by atoms with van der Waals surface area (Å²) in [4.78, 5) is 9.09. The second-order valence-electron chi connectivity index (χ2n) is 5.05. The van der Waals surface area contributed by atoms with Crippen LogP contribution in [0.25, 0.3) is 11.1 Å². The number of benzene rings is 1. The van der Waals surface area contributed by atoms with E-state index in [1.807, 2.05) is 18.5 Å². The van der Waals surface area contributed by atoms with E-state index in [-0.39, 0.29) is 0 Å². The molecule has 0 aliphatic carbocycles. The van der Waals surface area contributed by atoms with Crippen LogP contribution in [0.2, 0.25) is 0 Å². The van der Waals surface area contributed by atoms with Crippen molar-refractivity contribution in [2.24, 2.45) is 0 Å². The largest absolute Gasteiger partial charge is 0.368 e. The lowest BCUT2D eigenvalue weighted by Crippen LogP contribution is -2.44. The normalized spacial score (nSPS) is 16.6. The van der Waals surface area contributed by atoms with E-state index in [0.717, 1.165) is 26.2 Å². The van der Waals surface area contributed by atoms with Crippen molar-refractivity contribution in [2.75, 3.05) is 38.1 Å². The maximum atomic E-state index is 4.23. The molecule has 2 heterocycles. The fourth-order valence-corrected chi connectivity index (χ4v) is 2.56. The molecular weight excluding hydrogens is 234 g/mol. The van der Waals surface area contributed by atoms with Gasteiger partial charge in [0.15, 0.2) is 0 Å². The summed E-state index contributed by atoms with van der Waals surface area (Å²) >= 11 is 0. The summed E-state index contributed by atoms with van der Waals surface area (Å²) in [5, 5.41) is 0. The second kappa shape index (κ2) is 5.41. The van der Waals surface area contributed by atoms with Crippen LogP contribution in [-0.4, -0.2) is 43.1 Å². The first-order chi connectivity index (χ1) is 9.34. The summed E-state index contributed by atoms with van der Waals surface area (Å²) in [5.74, 6) is 0. The maximum Gasteiger partial charge on any atom is 0.0447 e. The topological polar surface area (TPSA) is 19.4 Å². The highest BCUT2D eigenvalue weighted by Crippen LogP contribution is 2.30. The molecule has 1 aromatic carbocycles. The van der Waals surface area contributed by atoms with E-state index < -0.39 is 0 Å². The zero-order valence-electron chi connectivity index (χ0n) is 11.3. The number of hydrogen-bond donors (Lipinski definition) is 0. The van der Waals surface area contributed by atoms with Gasteiger partial charge < -0.3 is 9.80 Å². The van der Waals surface area contributed by atoms with Gasteiger partial charge in [0.1, 0.15) is 0 Å². The number of likely N-dealkylation sites (N-methyl/N-ethyl adjacent to an activating group) is 1. The number of nitrogens with zero attached hydrogens (tertiary/aromatic N) is 3. The van der Waals surface area contributed by atoms with Crippen molar-refractivity contribution < 1.29 is 0 Å². The number of piperazine rings is 1. The van der Waals surface area contributed by atoms with Crippen molar-refractivity contribution in [3.05, 3.63) is 48.8 Å². The molecular formula is C16H19N3. The molecule has 2 aromatic rings. The van der Waals surface area contributed by atoms with Gasteiger partial charge in [0.05, 0.1) is 0 Å². The number of para-hydroxylation sites is 1. The van der Waals surface area contributed by atoms with Gasteiger partial charge in [-0.05, 0) is 19.2 Å². The molecule has 98 valence electrons. The number of rotatable bonds is 2. The van der Waals surface area contributed by atoms with E-state index in [1.165, 1.54) is 16.8 Å². The van der Waals surface area contributed by atoms with Crippen LogP contribution in [0.4, 0.5) is 5.69 Å². The summed E-state index contributed by atoms with van der Waals surface area (Å²) < 4.78 is 0. The van der Waals surface area contributed by atoms with E-state index in [1.54, 1.807) is 0 Å². The van der Waals surface area contributed by atoms with Gasteiger partial charge in [0.2, 0.25) is 0 Å². The van der Waals surface area contributed by atoms with Crippen LogP contribution in [0, 0.1) is 0 Å². The minimum absolute atomic E-state index is 1.09. The quantitative estimate of drug-likeness (QED) is 0.819. The molecule has 1 aliphatic rings. The predicted octanol–water partition coefficient (Wildman–Crippen LogP) is 2.50. The number of aromatic nitrogens is 1. The molecule has 1 aliphatic heterocycles. The van der Waals surface area contributed by atoms with Crippen molar-refractivity contribution in [1.29, 1.82) is 0 Å². The van der Waals surface area contributed by atoms with Gasteiger partial charge in [-0.3, -0.25) is 4.98 Å². The maximum absolute atomic E-state index is 4.23. The van der Waals surface area contributed by atoms with Crippen molar-refractivity contribution in [3.63, 3.8) is 0 Å². The van der Waals surface area contributed by atoms with E-state index in [4.69, 9.17) is 0 Å². The standard InChI is InChI=1S/C16H19N3/c1-18-9-11-19(12-10-18)16-7-3-2-6-15(16)14-5-4-8-17-13-14/h2-8,13H,9-12H2,1H3. The molecule has 0 spiro atoms. The third kappa shape index (κ3) is 2.61. The summed E-state index contributed by atoms with van der Waals surface area (Å²) in [6.07, 6.45) is 3.76. The van der Waals surface area contributed by atoms with Crippen molar-refractivity contribution in [1.82, 2.24) is 9.88 Å². The summed E-state index contributed by atoms with van der Waals surface area (Å²) in [6.45, 7) is 4.43. The lowest BCUT2D eigenvalue weighted by Gasteiger charge is -2.35. The summed E-state index contributed by atoms with van der Waals surface area (Å²) in [7, 11) is 2.18. The lowest BCUT2D eigenvalue weighted by atomic mass is 10.0. The molecule has 1 saturated heterocycles. The Morgan fingerprint density at radius 1 is 0.947 bits per heavy atom. The van der Waals surface area contributed by atoms with Gasteiger partial charge in [-0.1, -0.05) is 24.3 Å². The molecule has 0 amide bonds. The summed E-state index contributed by atoms with van der Waals surface area (Å²) in [6, 6.07) is 12.7. The Labute approximate surface area is 114 Å². The fourth-order valence-electron chi connectivity index (χ4n) is 2.56. The van der Waals surface area contributed by atoms with Crippen LogP contribution < -0.4 is 4.90 Å². The van der Waals surface area contributed by atoms with Gasteiger partial charge in [-0.25, -0.2) is 0 Å². The highest BCUT2D eigenvalue weighted by Gasteiger charge is 2.17. The Morgan fingerprint density at radius 2 is 1.74 bits per heavy atom. The molecule has 0 bridgehead atoms. The Bertz CT molecular complexity index is 531. The van der Waals surface area contributed by atoms with Crippen molar-refractivity contribution in [2.45, 2.75) is 0 Å². The van der Waals surface area contributed by atoms with Crippen molar-refractivity contribution in [3.8, 4) is 11.1 Å². The van der Waals surface area contributed by atoms with Gasteiger partial charge >= 0.3 is 0 Å². The molecule has 3 nitrogen and oxygen atoms in total. The third-order valence-corrected chi connectivity index (χ3v) is 3.72. The zero-order valence-corrected chi connectivity index (χ0v) is 11.3. The first kappa shape index (κ1) is 12.2. The highest BCUT2D eigenvalue weighted by molar-refractivity contribution is 5.78. The average Bonchev–Trinajstić information content (AvgIpc) is 2.49. The second-order valence-corrected chi connectivity index (χ2v) is 5.05. The molecule has 0 saturated carbocycles. The summed E-state index contributed by atoms with van der Waals surface area (Å²) in [5.41, 5.74) is 3.79. The van der Waals surface area contributed by atoms with E-state index in [0.29, 0.717) is 0 Å². The lowest BCUT2D eigenvalue weighted by molar-refractivity contribution is 0.313. The van der Waals surface area contributed by atoms with E-state index in [2.05, 4.69) is 52.2 Å². The number of anilines is 1. The van der Waals surface area contributed by atoms with Gasteiger partial charge in [0, 0.05) is 55.4 Å². The molecule has 0 N–H and O–H groups in total. The van der Waals surface area contributed by atoms with Crippen LogP contribution in [0.1, 0.15) is 0 Å².